The molecule has 4 nitrogen and oxygen atoms in total. The molecule has 1 aromatic rings. The number of hydrogen-bond donors (Lipinski definition) is 1. The highest BCUT2D eigenvalue weighted by Crippen LogP contribution is 2.23. The lowest BCUT2D eigenvalue weighted by atomic mass is 10.2. The van der Waals surface area contributed by atoms with Gasteiger partial charge in [-0.05, 0) is 23.9 Å². The highest BCUT2D eigenvalue weighted by molar-refractivity contribution is 7.99. The zero-order valence-corrected chi connectivity index (χ0v) is 11.0. The molecule has 0 aromatic carbocycles. The maximum Gasteiger partial charge on any atom is 0.327 e. The molecule has 1 unspecified atom stereocenters. The van der Waals surface area contributed by atoms with Gasteiger partial charge < -0.3 is 10.0 Å². The molecule has 1 atom stereocenters. The molecule has 0 radical (unpaired) electrons. The number of hydrogen-bond acceptors (Lipinski definition) is 4. The number of amides is 1. The third kappa shape index (κ3) is 2.47. The summed E-state index contributed by atoms with van der Waals surface area (Å²) < 4.78 is 0. The van der Waals surface area contributed by atoms with Gasteiger partial charge in [-0.3, -0.25) is 4.79 Å². The monoisotopic (exact) mass is 271 g/mol. The Morgan fingerprint density at radius 3 is 2.88 bits per heavy atom. The average Bonchev–Trinajstić information content (AvgIpc) is 2.74. The number of aliphatic carboxylic acids is 1. The second kappa shape index (κ2) is 5.10. The van der Waals surface area contributed by atoms with E-state index in [-0.39, 0.29) is 5.91 Å². The summed E-state index contributed by atoms with van der Waals surface area (Å²) in [5, 5.41) is 11.0. The van der Waals surface area contributed by atoms with Gasteiger partial charge in [-0.15, -0.1) is 11.3 Å². The number of carbonyl (C=O) groups is 2. The van der Waals surface area contributed by atoms with E-state index >= 15 is 0 Å². The zero-order chi connectivity index (χ0) is 12.4. The van der Waals surface area contributed by atoms with E-state index in [9.17, 15) is 9.59 Å². The van der Waals surface area contributed by atoms with Crippen molar-refractivity contribution in [2.45, 2.75) is 13.0 Å². The molecule has 0 spiro atoms. The molecule has 92 valence electrons. The predicted molar refractivity (Wildman–Crippen MR) is 68.8 cm³/mol. The van der Waals surface area contributed by atoms with Gasteiger partial charge in [0.05, 0.1) is 4.88 Å². The van der Waals surface area contributed by atoms with Gasteiger partial charge in [-0.25, -0.2) is 4.79 Å². The molecular weight excluding hydrogens is 258 g/mol. The number of carbonyl (C=O) groups excluding carboxylic acids is 1. The van der Waals surface area contributed by atoms with Gasteiger partial charge in [0.15, 0.2) is 0 Å². The number of thiophene rings is 1. The fourth-order valence-electron chi connectivity index (χ4n) is 1.77. The van der Waals surface area contributed by atoms with E-state index in [1.165, 1.54) is 16.2 Å². The minimum Gasteiger partial charge on any atom is -0.480 e. The minimum atomic E-state index is -0.917. The topological polar surface area (TPSA) is 57.6 Å². The van der Waals surface area contributed by atoms with Crippen LogP contribution in [0.4, 0.5) is 0 Å². The van der Waals surface area contributed by atoms with Crippen LogP contribution >= 0.6 is 23.1 Å². The summed E-state index contributed by atoms with van der Waals surface area (Å²) in [6.45, 7) is 2.38. The lowest BCUT2D eigenvalue weighted by Gasteiger charge is -2.32. The Balaban J connectivity index is 2.23. The number of rotatable bonds is 2. The van der Waals surface area contributed by atoms with Gasteiger partial charge in [0.1, 0.15) is 6.04 Å². The van der Waals surface area contributed by atoms with Gasteiger partial charge >= 0.3 is 5.97 Å². The molecule has 0 bridgehead atoms. The van der Waals surface area contributed by atoms with Crippen molar-refractivity contribution >= 4 is 35.0 Å². The Morgan fingerprint density at radius 2 is 2.29 bits per heavy atom. The second-order valence-electron chi connectivity index (χ2n) is 3.86. The SMILES string of the molecule is Cc1ccsc1C(=O)N1CCSCC1C(=O)O. The van der Waals surface area contributed by atoms with Crippen LogP contribution in [-0.4, -0.2) is 46.0 Å². The van der Waals surface area contributed by atoms with E-state index in [0.717, 1.165) is 11.3 Å². The van der Waals surface area contributed by atoms with Crippen LogP contribution in [0.2, 0.25) is 0 Å². The van der Waals surface area contributed by atoms with Crippen molar-refractivity contribution in [2.75, 3.05) is 18.1 Å². The van der Waals surface area contributed by atoms with E-state index in [1.54, 1.807) is 11.8 Å². The second-order valence-corrected chi connectivity index (χ2v) is 5.93. The molecule has 17 heavy (non-hydrogen) atoms. The van der Waals surface area contributed by atoms with Crippen molar-refractivity contribution in [2.24, 2.45) is 0 Å². The third-order valence-electron chi connectivity index (χ3n) is 2.73. The molecule has 1 saturated heterocycles. The van der Waals surface area contributed by atoms with Crippen molar-refractivity contribution < 1.29 is 14.7 Å². The first-order valence-corrected chi connectivity index (χ1v) is 7.30. The van der Waals surface area contributed by atoms with Crippen molar-refractivity contribution in [1.29, 1.82) is 0 Å². The van der Waals surface area contributed by atoms with E-state index < -0.39 is 12.0 Å². The number of thioether (sulfide) groups is 1. The molecule has 1 aromatic heterocycles. The average molecular weight is 271 g/mol. The highest BCUT2D eigenvalue weighted by Gasteiger charge is 2.33. The molecule has 1 aliphatic rings. The largest absolute Gasteiger partial charge is 0.480 e. The number of carboxylic acid groups (broad SMARTS) is 1. The summed E-state index contributed by atoms with van der Waals surface area (Å²) in [6, 6.07) is 1.19. The summed E-state index contributed by atoms with van der Waals surface area (Å²) in [7, 11) is 0. The maximum atomic E-state index is 12.3. The van der Waals surface area contributed by atoms with Gasteiger partial charge in [-0.2, -0.15) is 11.8 Å². The molecule has 2 rings (SSSR count). The quantitative estimate of drug-likeness (QED) is 0.889. The first-order valence-electron chi connectivity index (χ1n) is 5.27. The first-order chi connectivity index (χ1) is 8.11. The molecule has 1 aliphatic heterocycles. The third-order valence-corrected chi connectivity index (χ3v) is 4.76. The standard InChI is InChI=1S/C11H13NO3S2/c1-7-2-4-17-9(7)10(13)12-3-5-16-6-8(12)11(14)15/h2,4,8H,3,5-6H2,1H3,(H,14,15). The fourth-order valence-corrected chi connectivity index (χ4v) is 3.69. The molecule has 0 saturated carbocycles. The van der Waals surface area contributed by atoms with E-state index in [4.69, 9.17) is 5.11 Å². The summed E-state index contributed by atoms with van der Waals surface area (Å²) in [5.74, 6) is 0.218. The van der Waals surface area contributed by atoms with Crippen LogP contribution < -0.4 is 0 Å². The van der Waals surface area contributed by atoms with E-state index in [2.05, 4.69) is 0 Å². The number of nitrogens with zero attached hydrogens (tertiary/aromatic N) is 1. The van der Waals surface area contributed by atoms with Crippen LogP contribution in [0.5, 0.6) is 0 Å². The Hall–Kier alpha value is -1.01. The molecule has 0 aliphatic carbocycles. The number of carboxylic acids is 1. The van der Waals surface area contributed by atoms with Gasteiger partial charge in [0, 0.05) is 18.1 Å². The lowest BCUT2D eigenvalue weighted by Crippen LogP contribution is -2.50. The van der Waals surface area contributed by atoms with Crippen molar-refractivity contribution in [3.63, 3.8) is 0 Å². The maximum absolute atomic E-state index is 12.3. The van der Waals surface area contributed by atoms with Crippen LogP contribution in [0.1, 0.15) is 15.2 Å². The molecule has 6 heteroatoms. The van der Waals surface area contributed by atoms with Gasteiger partial charge in [0.25, 0.3) is 5.91 Å². The predicted octanol–water partition coefficient (Wildman–Crippen LogP) is 1.70. The Kier molecular flexibility index (Phi) is 3.73. The van der Waals surface area contributed by atoms with Crippen LogP contribution in [0.15, 0.2) is 11.4 Å². The summed E-state index contributed by atoms with van der Waals surface area (Å²) in [6.07, 6.45) is 0. The summed E-state index contributed by atoms with van der Waals surface area (Å²) in [5.41, 5.74) is 0.919. The molecule has 1 fully saturated rings. The van der Waals surface area contributed by atoms with E-state index in [1.807, 2.05) is 18.4 Å². The minimum absolute atomic E-state index is 0.148. The van der Waals surface area contributed by atoms with Crippen molar-refractivity contribution in [3.8, 4) is 0 Å². The Morgan fingerprint density at radius 1 is 1.53 bits per heavy atom. The van der Waals surface area contributed by atoms with Crippen LogP contribution in [0, 0.1) is 6.92 Å². The van der Waals surface area contributed by atoms with Crippen molar-refractivity contribution in [1.82, 2.24) is 4.90 Å². The summed E-state index contributed by atoms with van der Waals surface area (Å²) >= 11 is 2.96. The molecule has 1 amide bonds. The zero-order valence-electron chi connectivity index (χ0n) is 9.38. The Bertz CT molecular complexity index is 444. The van der Waals surface area contributed by atoms with Gasteiger partial charge in [0.2, 0.25) is 0 Å². The number of aryl methyl sites for hydroxylation is 1. The van der Waals surface area contributed by atoms with Crippen LogP contribution in [0.3, 0.4) is 0 Å². The lowest BCUT2D eigenvalue weighted by molar-refractivity contribution is -0.141. The fraction of sp³-hybridized carbons (Fsp3) is 0.455. The molecule has 2 heterocycles. The van der Waals surface area contributed by atoms with Crippen LogP contribution in [-0.2, 0) is 4.79 Å². The van der Waals surface area contributed by atoms with Crippen LogP contribution in [0.25, 0.3) is 0 Å². The smallest absolute Gasteiger partial charge is 0.327 e. The molecule has 1 N–H and O–H groups in total. The summed E-state index contributed by atoms with van der Waals surface area (Å²) in [4.78, 5) is 25.5. The normalized spacial score (nSPS) is 20.3. The van der Waals surface area contributed by atoms with E-state index in [0.29, 0.717) is 17.2 Å². The van der Waals surface area contributed by atoms with Gasteiger partial charge in [-0.1, -0.05) is 0 Å². The van der Waals surface area contributed by atoms with Crippen molar-refractivity contribution in [3.05, 3.63) is 21.9 Å². The highest BCUT2D eigenvalue weighted by atomic mass is 32.2. The Labute approximate surface area is 108 Å². The molecular formula is C11H13NO3S2. The first kappa shape index (κ1) is 12.4.